The van der Waals surface area contributed by atoms with Crippen molar-refractivity contribution < 1.29 is 0 Å². The third-order valence-electron chi connectivity index (χ3n) is 2.12. The average Bonchev–Trinajstić information content (AvgIpc) is 2.02. The summed E-state index contributed by atoms with van der Waals surface area (Å²) in [5.41, 5.74) is 1.87. The van der Waals surface area contributed by atoms with Crippen LogP contribution in [0.3, 0.4) is 0 Å². The Morgan fingerprint density at radius 3 is 2.18 bits per heavy atom. The highest BCUT2D eigenvalue weighted by molar-refractivity contribution is 7.35. The van der Waals surface area contributed by atoms with Crippen LogP contribution in [-0.4, -0.2) is 26.6 Å². The SMILES string of the molecule is CCC(C)[Si][Si]([Si])C(C)CC. The van der Waals surface area contributed by atoms with Crippen molar-refractivity contribution in [3.63, 3.8) is 0 Å². The fourth-order valence-electron chi connectivity index (χ4n) is 0.714. The Balaban J connectivity index is 3.58. The minimum atomic E-state index is -0.196. The van der Waals surface area contributed by atoms with Gasteiger partial charge in [-0.15, -0.1) is 0 Å². The van der Waals surface area contributed by atoms with E-state index in [0.717, 1.165) is 11.1 Å². The summed E-state index contributed by atoms with van der Waals surface area (Å²) < 4.78 is 0. The maximum atomic E-state index is 3.91. The van der Waals surface area contributed by atoms with E-state index in [0.29, 0.717) is 0 Å². The van der Waals surface area contributed by atoms with Crippen LogP contribution in [0.1, 0.15) is 40.5 Å². The topological polar surface area (TPSA) is 0 Å². The molecular weight excluding hydrogens is 180 g/mol. The smallest absolute Gasteiger partial charge is 0.0258 e. The van der Waals surface area contributed by atoms with Crippen LogP contribution in [0, 0.1) is 0 Å². The predicted octanol–water partition coefficient (Wildman–Crippen LogP) is 2.37. The number of hydrogen-bond donors (Lipinski definition) is 0. The molecule has 0 aliphatic carbocycles. The molecule has 6 radical (unpaired) electrons. The molecule has 0 saturated heterocycles. The van der Waals surface area contributed by atoms with E-state index < -0.39 is 0 Å². The third-order valence-corrected chi connectivity index (χ3v) is 11.4. The molecule has 0 N–H and O–H groups in total. The molecule has 3 heteroatoms. The maximum Gasteiger partial charge on any atom is 0.0258 e. The van der Waals surface area contributed by atoms with Crippen molar-refractivity contribution in [1.29, 1.82) is 0 Å². The van der Waals surface area contributed by atoms with Gasteiger partial charge >= 0.3 is 0 Å². The maximum absolute atomic E-state index is 3.91. The van der Waals surface area contributed by atoms with Crippen LogP contribution in [-0.2, 0) is 0 Å². The molecule has 0 aromatic rings. The van der Waals surface area contributed by atoms with E-state index in [1.807, 2.05) is 0 Å². The van der Waals surface area contributed by atoms with Crippen molar-refractivity contribution in [2.24, 2.45) is 0 Å². The first-order valence-electron chi connectivity index (χ1n) is 4.46. The zero-order valence-corrected chi connectivity index (χ0v) is 11.1. The van der Waals surface area contributed by atoms with Gasteiger partial charge in [0.25, 0.3) is 0 Å². The average molecular weight is 198 g/mol. The first-order chi connectivity index (χ1) is 5.11. The van der Waals surface area contributed by atoms with Crippen LogP contribution < -0.4 is 0 Å². The lowest BCUT2D eigenvalue weighted by atomic mass is 10.4. The summed E-state index contributed by atoms with van der Waals surface area (Å²) in [5, 5.41) is 0. The normalized spacial score (nSPS) is 16.9. The molecule has 0 aliphatic rings. The van der Waals surface area contributed by atoms with Gasteiger partial charge in [-0.2, -0.15) is 0 Å². The Kier molecular flexibility index (Phi) is 6.56. The van der Waals surface area contributed by atoms with Gasteiger partial charge in [-0.25, -0.2) is 0 Å². The fourth-order valence-corrected chi connectivity index (χ4v) is 8.64. The Morgan fingerprint density at radius 1 is 1.27 bits per heavy atom. The van der Waals surface area contributed by atoms with Crippen LogP contribution in [0.4, 0.5) is 0 Å². The summed E-state index contributed by atoms with van der Waals surface area (Å²) in [6.45, 7) is 9.31. The van der Waals surface area contributed by atoms with Gasteiger partial charge in [-0.05, 0) is 0 Å². The first-order valence-corrected chi connectivity index (χ1v) is 9.62. The largest absolute Gasteiger partial charge is 0.0656 e. The Hall–Kier alpha value is 0.651. The van der Waals surface area contributed by atoms with E-state index in [9.17, 15) is 0 Å². The van der Waals surface area contributed by atoms with Gasteiger partial charge in [0, 0.05) is 26.6 Å². The van der Waals surface area contributed by atoms with E-state index in [4.69, 9.17) is 0 Å². The lowest BCUT2D eigenvalue weighted by Gasteiger charge is -2.18. The van der Waals surface area contributed by atoms with Crippen LogP contribution in [0.2, 0.25) is 11.1 Å². The standard InChI is InChI=1S/C8H18Si3/c1-5-7(3)10-11(9)8(4)6-2/h7-8H,5-6H2,1-4H3. The van der Waals surface area contributed by atoms with Crippen LogP contribution in [0.15, 0.2) is 0 Å². The van der Waals surface area contributed by atoms with Gasteiger partial charge in [0.05, 0.1) is 0 Å². The van der Waals surface area contributed by atoms with Gasteiger partial charge in [0.2, 0.25) is 0 Å². The monoisotopic (exact) mass is 198 g/mol. The molecule has 62 valence electrons. The molecule has 0 aromatic carbocycles. The molecule has 0 fully saturated rings. The predicted molar refractivity (Wildman–Crippen MR) is 56.7 cm³/mol. The molecule has 2 unspecified atom stereocenters. The van der Waals surface area contributed by atoms with Gasteiger partial charge < -0.3 is 0 Å². The van der Waals surface area contributed by atoms with Crippen molar-refractivity contribution in [1.82, 2.24) is 0 Å². The molecule has 2 atom stereocenters. The van der Waals surface area contributed by atoms with Gasteiger partial charge in [0.15, 0.2) is 0 Å². The van der Waals surface area contributed by atoms with Crippen LogP contribution in [0.5, 0.6) is 0 Å². The highest BCUT2D eigenvalue weighted by Crippen LogP contribution is 2.15. The molecule has 0 heterocycles. The molecule has 11 heavy (non-hydrogen) atoms. The summed E-state index contributed by atoms with van der Waals surface area (Å²) in [4.78, 5) is 0. The summed E-state index contributed by atoms with van der Waals surface area (Å²) in [6.07, 6.45) is 2.68. The Labute approximate surface area is 78.6 Å². The Bertz CT molecular complexity index is 95.3. The lowest BCUT2D eigenvalue weighted by molar-refractivity contribution is 0.858. The van der Waals surface area contributed by atoms with Crippen molar-refractivity contribution >= 4 is 26.6 Å². The van der Waals surface area contributed by atoms with Gasteiger partial charge in [0.1, 0.15) is 0 Å². The second-order valence-corrected chi connectivity index (χ2v) is 11.9. The van der Waals surface area contributed by atoms with Crippen molar-refractivity contribution in [2.45, 2.75) is 51.6 Å². The van der Waals surface area contributed by atoms with Crippen molar-refractivity contribution in [2.75, 3.05) is 0 Å². The van der Waals surface area contributed by atoms with E-state index in [2.05, 4.69) is 37.5 Å². The summed E-state index contributed by atoms with van der Waals surface area (Å²) >= 11 is 0. The number of hydrogen-bond acceptors (Lipinski definition) is 0. The van der Waals surface area contributed by atoms with Crippen LogP contribution in [0.25, 0.3) is 0 Å². The zero-order chi connectivity index (χ0) is 8.85. The lowest BCUT2D eigenvalue weighted by Crippen LogP contribution is -2.30. The fraction of sp³-hybridized carbons (Fsp3) is 1.00. The second kappa shape index (κ2) is 6.20. The molecule has 0 nitrogen and oxygen atoms in total. The third kappa shape index (κ3) is 4.98. The minimum absolute atomic E-state index is 0.196. The molecule has 0 aliphatic heterocycles. The summed E-state index contributed by atoms with van der Waals surface area (Å²) in [6, 6.07) is 0. The quantitative estimate of drug-likeness (QED) is 0.595. The van der Waals surface area contributed by atoms with Crippen LogP contribution >= 0.6 is 0 Å². The molecule has 0 amide bonds. The summed E-state index contributed by atoms with van der Waals surface area (Å²) in [7, 11) is 4.90. The Morgan fingerprint density at radius 2 is 1.82 bits per heavy atom. The minimum Gasteiger partial charge on any atom is -0.0656 e. The van der Waals surface area contributed by atoms with E-state index in [1.165, 1.54) is 21.9 Å². The van der Waals surface area contributed by atoms with Crippen molar-refractivity contribution in [3.8, 4) is 0 Å². The van der Waals surface area contributed by atoms with Gasteiger partial charge in [-0.1, -0.05) is 51.6 Å². The molecule has 0 spiro atoms. The summed E-state index contributed by atoms with van der Waals surface area (Å²) in [5.74, 6) is 0. The highest BCUT2D eigenvalue weighted by Gasteiger charge is 2.15. The zero-order valence-electron chi connectivity index (χ0n) is 8.07. The second-order valence-electron chi connectivity index (χ2n) is 3.18. The van der Waals surface area contributed by atoms with E-state index in [-0.39, 0.29) is 7.83 Å². The molecule has 0 aromatic heterocycles. The van der Waals surface area contributed by atoms with E-state index >= 15 is 0 Å². The van der Waals surface area contributed by atoms with E-state index in [1.54, 1.807) is 0 Å². The molecule has 0 bridgehead atoms. The van der Waals surface area contributed by atoms with Crippen molar-refractivity contribution in [3.05, 3.63) is 0 Å². The first kappa shape index (κ1) is 11.7. The molecular formula is C8H18Si3. The van der Waals surface area contributed by atoms with Gasteiger partial charge in [-0.3, -0.25) is 0 Å². The number of rotatable bonds is 5. The molecule has 0 rings (SSSR count). The molecule has 0 saturated carbocycles. The highest BCUT2D eigenvalue weighted by atomic mass is 29.5.